The molecule has 1 aromatic heterocycles. The van der Waals surface area contributed by atoms with E-state index in [2.05, 4.69) is 25.1 Å². The molecule has 0 spiro atoms. The van der Waals surface area contributed by atoms with Crippen molar-refractivity contribution >= 4 is 46.8 Å². The Bertz CT molecular complexity index is 2180. The third kappa shape index (κ3) is 10.5. The lowest BCUT2D eigenvalue weighted by molar-refractivity contribution is -0.149. The van der Waals surface area contributed by atoms with Crippen molar-refractivity contribution < 1.29 is 29.0 Å². The van der Waals surface area contributed by atoms with Crippen LogP contribution in [-0.2, 0) is 45.7 Å². The molecule has 2 aliphatic rings. The van der Waals surface area contributed by atoms with Crippen LogP contribution in [0.25, 0.3) is 11.3 Å². The number of fused-ring (bicyclic) bond motifs is 2. The monoisotopic (exact) mass is 859 g/mol. The summed E-state index contributed by atoms with van der Waals surface area (Å²) in [6.07, 6.45) is 3.23. The second kappa shape index (κ2) is 19.2. The fourth-order valence-corrected chi connectivity index (χ4v) is 8.36. The van der Waals surface area contributed by atoms with Gasteiger partial charge in [-0.05, 0) is 100 Å². The lowest BCUT2D eigenvalue weighted by Crippen LogP contribution is -2.65. The Morgan fingerprint density at radius 3 is 2.35 bits per heavy atom. The summed E-state index contributed by atoms with van der Waals surface area (Å²) in [5, 5.41) is 17.3. The highest BCUT2D eigenvalue weighted by Crippen LogP contribution is 2.34. The van der Waals surface area contributed by atoms with Crippen molar-refractivity contribution in [1.29, 1.82) is 0 Å². The number of amides is 4. The summed E-state index contributed by atoms with van der Waals surface area (Å²) < 4.78 is 8.45. The molecule has 2 bridgehead atoms. The van der Waals surface area contributed by atoms with Gasteiger partial charge in [-0.2, -0.15) is 0 Å². The number of rotatable bonds is 11. The van der Waals surface area contributed by atoms with Crippen LogP contribution in [-0.4, -0.2) is 104 Å². The fourth-order valence-electron chi connectivity index (χ4n) is 8.07. The number of nitrogens with one attached hydrogen (secondary N) is 2. The number of aliphatic hydroxyl groups is 1. The number of hydrogen-bond acceptors (Lipinski definition) is 8. The molecule has 13 nitrogen and oxygen atoms in total. The molecule has 60 heavy (non-hydrogen) atoms. The Morgan fingerprint density at radius 1 is 0.983 bits per heavy atom. The minimum Gasteiger partial charge on any atom is -0.457 e. The van der Waals surface area contributed by atoms with E-state index < -0.39 is 47.9 Å². The molecule has 2 fully saturated rings. The van der Waals surface area contributed by atoms with Crippen molar-refractivity contribution in [2.45, 2.75) is 77.2 Å². The van der Waals surface area contributed by atoms with Crippen LogP contribution < -0.4 is 15.4 Å². The largest absolute Gasteiger partial charge is 0.457 e. The van der Waals surface area contributed by atoms with E-state index in [1.54, 1.807) is 42.2 Å². The van der Waals surface area contributed by atoms with Crippen LogP contribution in [0.2, 0.25) is 10.0 Å². The molecule has 0 saturated carbocycles. The smallest absolute Gasteiger partial charge is 0.245 e. The van der Waals surface area contributed by atoms with Gasteiger partial charge in [-0.1, -0.05) is 55.2 Å². The number of carbonyl (C=O) groups excluding carboxylic acids is 4. The molecule has 3 aromatic carbocycles. The molecule has 15 heteroatoms. The van der Waals surface area contributed by atoms with E-state index in [-0.39, 0.29) is 31.3 Å². The zero-order valence-corrected chi connectivity index (χ0v) is 36.6. The van der Waals surface area contributed by atoms with E-state index in [1.807, 2.05) is 77.6 Å². The normalized spacial score (nSPS) is 21.9. The van der Waals surface area contributed by atoms with Gasteiger partial charge in [0.15, 0.2) is 0 Å². The average Bonchev–Trinajstić information content (AvgIpc) is 3.57. The zero-order chi connectivity index (χ0) is 43.3. The predicted molar refractivity (Wildman–Crippen MR) is 231 cm³/mol. The summed E-state index contributed by atoms with van der Waals surface area (Å²) in [4.78, 5) is 66.9. The number of piperidine rings is 1. The first-order valence-corrected chi connectivity index (χ1v) is 21.1. The van der Waals surface area contributed by atoms with Crippen molar-refractivity contribution in [3.05, 3.63) is 99.9 Å². The number of ether oxygens (including phenoxy) is 1. The van der Waals surface area contributed by atoms with Gasteiger partial charge in [0.05, 0.1) is 37.1 Å². The average molecular weight is 861 g/mol. The molecule has 0 aliphatic carbocycles. The number of aromatic nitrogens is 2. The van der Waals surface area contributed by atoms with Gasteiger partial charge in [-0.15, -0.1) is 0 Å². The van der Waals surface area contributed by atoms with Crippen molar-refractivity contribution in [1.82, 2.24) is 34.9 Å². The Balaban J connectivity index is 1.29. The molecular weight excluding hydrogens is 805 g/mol. The molecule has 2 saturated heterocycles. The minimum atomic E-state index is -1.32. The lowest BCUT2D eigenvalue weighted by Gasteiger charge is -2.45. The van der Waals surface area contributed by atoms with Crippen molar-refractivity contribution in [3.63, 3.8) is 0 Å². The zero-order valence-electron chi connectivity index (χ0n) is 35.1. The van der Waals surface area contributed by atoms with E-state index in [4.69, 9.17) is 27.9 Å². The Labute approximate surface area is 362 Å². The van der Waals surface area contributed by atoms with Crippen LogP contribution >= 0.6 is 23.2 Å². The van der Waals surface area contributed by atoms with Crippen molar-refractivity contribution in [2.24, 2.45) is 18.9 Å². The highest BCUT2D eigenvalue weighted by Gasteiger charge is 2.43. The summed E-state index contributed by atoms with van der Waals surface area (Å²) in [5.74, 6) is -0.949. The molecule has 3 heterocycles. The third-order valence-electron chi connectivity index (χ3n) is 11.5. The SMILES string of the molecule is CC(C)[C@H]1CC(=O)N(Cc2ccc(Cl)cc2Oc2ccc(-c3cnc(CN(C)C)n3C)cc2)[C@@H](C)C(=O)N[C@@H](CO)C(=O)N[C@@]2(Cc3ccc(Cl)cc3)CCCN(C2)C1=O. The van der Waals surface area contributed by atoms with Gasteiger partial charge in [0.1, 0.15) is 29.4 Å². The summed E-state index contributed by atoms with van der Waals surface area (Å²) in [6.45, 7) is 5.97. The quantitative estimate of drug-likeness (QED) is 0.171. The van der Waals surface area contributed by atoms with Crippen LogP contribution in [0, 0.1) is 11.8 Å². The van der Waals surface area contributed by atoms with Crippen molar-refractivity contribution in [3.8, 4) is 22.8 Å². The second-order valence-corrected chi connectivity index (χ2v) is 17.5. The lowest BCUT2D eigenvalue weighted by atomic mass is 9.81. The number of nitrogens with zero attached hydrogens (tertiary/aromatic N) is 5. The molecule has 6 rings (SSSR count). The van der Waals surface area contributed by atoms with Crippen LogP contribution in [0.1, 0.15) is 57.0 Å². The first-order valence-electron chi connectivity index (χ1n) is 20.3. The van der Waals surface area contributed by atoms with E-state index in [0.717, 1.165) is 22.6 Å². The Morgan fingerprint density at radius 2 is 1.68 bits per heavy atom. The highest BCUT2D eigenvalue weighted by molar-refractivity contribution is 6.31. The first kappa shape index (κ1) is 44.6. The standard InChI is InChI=1S/C45H55Cl2N7O6/c1-28(2)36-21-41(56)54(24-32-10-15-34(47)20-39(32)60-35-16-11-31(12-17-35)38-23-48-40(52(38)6)25-51(4)5)29(3)42(57)49-37(26-55)43(58)50-45(18-7-19-53(27-45)44(36)59)22-30-8-13-33(46)14-9-30/h8-17,20,23,28-29,36-37,55H,7,18-19,21-22,24-27H2,1-6H3,(H,49,57)(H,50,58)/t29-,36+,37-,45+/m0/s1. The number of carbonyl (C=O) groups is 4. The highest BCUT2D eigenvalue weighted by atomic mass is 35.5. The topological polar surface area (TPSA) is 149 Å². The Hall–Kier alpha value is -4.95. The maximum atomic E-state index is 14.6. The van der Waals surface area contributed by atoms with Gasteiger partial charge >= 0.3 is 0 Å². The molecule has 4 aromatic rings. The van der Waals surface area contributed by atoms with E-state index >= 15 is 0 Å². The van der Waals surface area contributed by atoms with Crippen LogP contribution in [0.3, 0.4) is 0 Å². The van der Waals surface area contributed by atoms with E-state index in [0.29, 0.717) is 59.5 Å². The van der Waals surface area contributed by atoms with Gasteiger partial charge < -0.3 is 39.7 Å². The molecule has 4 amide bonds. The summed E-state index contributed by atoms with van der Waals surface area (Å²) in [6, 6.07) is 17.5. The third-order valence-corrected chi connectivity index (χ3v) is 12.0. The van der Waals surface area contributed by atoms with E-state index in [1.165, 1.54) is 4.90 Å². The van der Waals surface area contributed by atoms with Gasteiger partial charge in [-0.25, -0.2) is 4.98 Å². The molecule has 2 aliphatic heterocycles. The fraction of sp³-hybridized carbons (Fsp3) is 0.444. The van der Waals surface area contributed by atoms with Gasteiger partial charge in [-0.3, -0.25) is 19.2 Å². The number of benzene rings is 3. The maximum absolute atomic E-state index is 14.6. The number of imidazole rings is 1. The minimum absolute atomic E-state index is 0.0788. The van der Waals surface area contributed by atoms with Crippen LogP contribution in [0.4, 0.5) is 0 Å². The second-order valence-electron chi connectivity index (χ2n) is 16.7. The summed E-state index contributed by atoms with van der Waals surface area (Å²) >= 11 is 12.7. The summed E-state index contributed by atoms with van der Waals surface area (Å²) in [7, 11) is 5.97. The van der Waals surface area contributed by atoms with E-state index in [9.17, 15) is 24.3 Å². The molecule has 3 N–H and O–H groups in total. The van der Waals surface area contributed by atoms with Crippen molar-refractivity contribution in [2.75, 3.05) is 33.8 Å². The molecular formula is C45H55Cl2N7O6. The molecule has 4 atom stereocenters. The van der Waals surface area contributed by atoms with Crippen LogP contribution in [0.15, 0.2) is 72.9 Å². The molecule has 0 radical (unpaired) electrons. The number of hydrogen-bond donors (Lipinski definition) is 3. The summed E-state index contributed by atoms with van der Waals surface area (Å²) in [5.41, 5.74) is 2.46. The number of halogens is 2. The number of aliphatic hydroxyl groups excluding tert-OH is 1. The van der Waals surface area contributed by atoms with Gasteiger partial charge in [0.2, 0.25) is 23.6 Å². The first-order chi connectivity index (χ1) is 28.6. The Kier molecular flexibility index (Phi) is 14.3. The van der Waals surface area contributed by atoms with Gasteiger partial charge in [0.25, 0.3) is 0 Å². The maximum Gasteiger partial charge on any atom is 0.245 e. The van der Waals surface area contributed by atoms with Crippen LogP contribution in [0.5, 0.6) is 11.5 Å². The molecule has 320 valence electrons. The predicted octanol–water partition coefficient (Wildman–Crippen LogP) is 5.84. The van der Waals surface area contributed by atoms with Gasteiger partial charge in [0, 0.05) is 53.6 Å². The molecule has 0 unspecified atom stereocenters.